The lowest BCUT2D eigenvalue weighted by molar-refractivity contribution is 1.29. The molecule has 0 bridgehead atoms. The van der Waals surface area contributed by atoms with Crippen LogP contribution in [0.5, 0.6) is 0 Å². The van der Waals surface area contributed by atoms with Crippen LogP contribution in [0.15, 0.2) is 134 Å². The summed E-state index contributed by atoms with van der Waals surface area (Å²) in [7, 11) is 0. The first kappa shape index (κ1) is 21.6. The smallest absolute Gasteiger partial charge is 0.129 e. The molecule has 2 aromatic heterocycles. The Hall–Kier alpha value is -4.96. The summed E-state index contributed by atoms with van der Waals surface area (Å²) in [5.74, 6) is 1.55. The molecule has 6 rings (SSSR count). The molecule has 0 fully saturated rings. The van der Waals surface area contributed by atoms with Crippen molar-refractivity contribution in [2.45, 2.75) is 0 Å². The van der Waals surface area contributed by atoms with E-state index in [0.717, 1.165) is 33.9 Å². The van der Waals surface area contributed by atoms with Crippen LogP contribution in [-0.2, 0) is 0 Å². The van der Waals surface area contributed by atoms with Gasteiger partial charge in [-0.05, 0) is 69.1 Å². The number of anilines is 2. The van der Waals surface area contributed by atoms with E-state index in [-0.39, 0.29) is 0 Å². The highest BCUT2D eigenvalue weighted by Gasteiger charge is 2.02. The molecule has 0 atom stereocenters. The molecule has 0 aliphatic heterocycles. The van der Waals surface area contributed by atoms with Crippen LogP contribution in [0.3, 0.4) is 0 Å². The average molecular weight is 465 g/mol. The van der Waals surface area contributed by atoms with E-state index in [1.54, 1.807) is 0 Å². The topological polar surface area (TPSA) is 49.8 Å². The van der Waals surface area contributed by atoms with E-state index >= 15 is 0 Å². The summed E-state index contributed by atoms with van der Waals surface area (Å²) in [5.41, 5.74) is 4.49. The third-order valence-corrected chi connectivity index (χ3v) is 6.24. The standard InChI is InChI=1S/C32H24N4/c1-3-7-25-19-27(11-9-23(25)5-1)29-13-15-31(35-21-29)33-17-18-34-32-16-14-30(22-36-32)28-12-10-24-6-2-4-8-26(24)20-28/h1-22H,(H,33,35)(H,34,36)/b18-17-. The molecule has 0 aliphatic carbocycles. The van der Waals surface area contributed by atoms with Crippen molar-refractivity contribution in [2.24, 2.45) is 0 Å². The number of pyridine rings is 2. The zero-order valence-corrected chi connectivity index (χ0v) is 19.6. The molecule has 2 heterocycles. The van der Waals surface area contributed by atoms with Gasteiger partial charge in [-0.25, -0.2) is 9.97 Å². The molecule has 172 valence electrons. The summed E-state index contributed by atoms with van der Waals surface area (Å²) in [6.45, 7) is 0. The lowest BCUT2D eigenvalue weighted by atomic mass is 10.0. The van der Waals surface area contributed by atoms with Gasteiger partial charge >= 0.3 is 0 Å². The zero-order valence-electron chi connectivity index (χ0n) is 19.6. The largest absolute Gasteiger partial charge is 0.345 e. The highest BCUT2D eigenvalue weighted by molar-refractivity contribution is 5.88. The SMILES string of the molecule is C(=C/Nc1ccc(-c2ccc3ccccc3c2)cn1)/Nc1ccc(-c2ccc3ccccc3c2)cn1. The van der Waals surface area contributed by atoms with Crippen molar-refractivity contribution < 1.29 is 0 Å². The maximum absolute atomic E-state index is 4.54. The van der Waals surface area contributed by atoms with E-state index < -0.39 is 0 Å². The van der Waals surface area contributed by atoms with Crippen LogP contribution in [0, 0.1) is 0 Å². The molecule has 4 heteroatoms. The predicted octanol–water partition coefficient (Wildman–Crippen LogP) is 8.11. The van der Waals surface area contributed by atoms with Crippen molar-refractivity contribution >= 4 is 33.2 Å². The molecule has 0 aliphatic rings. The van der Waals surface area contributed by atoms with Gasteiger partial charge in [0.2, 0.25) is 0 Å². The van der Waals surface area contributed by atoms with Gasteiger partial charge in [0.1, 0.15) is 11.6 Å². The van der Waals surface area contributed by atoms with E-state index in [1.165, 1.54) is 21.5 Å². The number of benzene rings is 4. The Morgan fingerprint density at radius 1 is 0.417 bits per heavy atom. The molecule has 0 radical (unpaired) electrons. The summed E-state index contributed by atoms with van der Waals surface area (Å²) < 4.78 is 0. The lowest BCUT2D eigenvalue weighted by Crippen LogP contribution is -1.95. The summed E-state index contributed by atoms with van der Waals surface area (Å²) in [6.07, 6.45) is 7.41. The number of nitrogens with zero attached hydrogens (tertiary/aromatic N) is 2. The second-order valence-corrected chi connectivity index (χ2v) is 8.61. The number of rotatable bonds is 6. The predicted molar refractivity (Wildman–Crippen MR) is 151 cm³/mol. The Bertz CT molecular complexity index is 1540. The minimum atomic E-state index is 0.775. The maximum atomic E-state index is 4.54. The van der Waals surface area contributed by atoms with E-state index in [9.17, 15) is 0 Å². The van der Waals surface area contributed by atoms with Crippen molar-refractivity contribution in [1.29, 1.82) is 0 Å². The van der Waals surface area contributed by atoms with E-state index in [0.29, 0.717) is 0 Å². The second kappa shape index (κ2) is 9.72. The van der Waals surface area contributed by atoms with Gasteiger partial charge in [0.25, 0.3) is 0 Å². The van der Waals surface area contributed by atoms with Gasteiger partial charge in [0.05, 0.1) is 0 Å². The summed E-state index contributed by atoms with van der Waals surface area (Å²) in [5, 5.41) is 11.3. The number of hydrogen-bond donors (Lipinski definition) is 2. The molecule has 0 saturated carbocycles. The molecule has 6 aromatic rings. The monoisotopic (exact) mass is 464 g/mol. The number of nitrogens with one attached hydrogen (secondary N) is 2. The van der Waals surface area contributed by atoms with Crippen LogP contribution in [0.25, 0.3) is 43.8 Å². The fourth-order valence-electron chi connectivity index (χ4n) is 4.29. The first-order valence-corrected chi connectivity index (χ1v) is 11.9. The van der Waals surface area contributed by atoms with Crippen molar-refractivity contribution in [3.8, 4) is 22.3 Å². The van der Waals surface area contributed by atoms with Crippen LogP contribution in [0.2, 0.25) is 0 Å². The normalized spacial score (nSPS) is 11.2. The minimum Gasteiger partial charge on any atom is -0.345 e. The molecule has 0 unspecified atom stereocenters. The van der Waals surface area contributed by atoms with Gasteiger partial charge in [-0.3, -0.25) is 0 Å². The highest BCUT2D eigenvalue weighted by Crippen LogP contribution is 2.26. The highest BCUT2D eigenvalue weighted by atomic mass is 15.0. The van der Waals surface area contributed by atoms with Gasteiger partial charge in [0, 0.05) is 35.9 Å². The fraction of sp³-hybridized carbons (Fsp3) is 0. The van der Waals surface area contributed by atoms with Gasteiger partial charge in [0.15, 0.2) is 0 Å². The quantitative estimate of drug-likeness (QED) is 0.261. The second-order valence-electron chi connectivity index (χ2n) is 8.61. The number of aromatic nitrogens is 2. The van der Waals surface area contributed by atoms with Crippen molar-refractivity contribution in [2.75, 3.05) is 10.6 Å². The molecular formula is C32H24N4. The minimum absolute atomic E-state index is 0.775. The molecule has 0 amide bonds. The van der Waals surface area contributed by atoms with Crippen LogP contribution >= 0.6 is 0 Å². The van der Waals surface area contributed by atoms with Crippen LogP contribution in [0.1, 0.15) is 0 Å². The molecule has 0 spiro atoms. The fourth-order valence-corrected chi connectivity index (χ4v) is 4.29. The van der Waals surface area contributed by atoms with Crippen molar-refractivity contribution in [1.82, 2.24) is 9.97 Å². The van der Waals surface area contributed by atoms with Gasteiger partial charge in [-0.1, -0.05) is 72.8 Å². The summed E-state index contributed by atoms with van der Waals surface area (Å²) >= 11 is 0. The number of fused-ring (bicyclic) bond motifs is 2. The Morgan fingerprint density at radius 3 is 1.25 bits per heavy atom. The molecular weight excluding hydrogens is 440 g/mol. The zero-order chi connectivity index (χ0) is 24.2. The third-order valence-electron chi connectivity index (χ3n) is 6.24. The Morgan fingerprint density at radius 2 is 0.833 bits per heavy atom. The van der Waals surface area contributed by atoms with Gasteiger partial charge in [-0.15, -0.1) is 0 Å². The lowest BCUT2D eigenvalue weighted by Gasteiger charge is -2.06. The third kappa shape index (κ3) is 4.65. The summed E-state index contributed by atoms with van der Waals surface area (Å²) in [4.78, 5) is 9.08. The van der Waals surface area contributed by atoms with Gasteiger partial charge in [-0.2, -0.15) is 0 Å². The van der Waals surface area contributed by atoms with Crippen LogP contribution < -0.4 is 10.6 Å². The molecule has 2 N–H and O–H groups in total. The summed E-state index contributed by atoms with van der Waals surface area (Å²) in [6, 6.07) is 37.8. The molecule has 36 heavy (non-hydrogen) atoms. The number of hydrogen-bond acceptors (Lipinski definition) is 4. The Kier molecular flexibility index (Phi) is 5.83. The average Bonchev–Trinajstić information content (AvgIpc) is 2.95. The van der Waals surface area contributed by atoms with Crippen molar-refractivity contribution in [3.63, 3.8) is 0 Å². The first-order chi connectivity index (χ1) is 17.8. The molecule has 0 saturated heterocycles. The van der Waals surface area contributed by atoms with E-state index in [4.69, 9.17) is 0 Å². The molecule has 4 nitrogen and oxygen atoms in total. The van der Waals surface area contributed by atoms with Gasteiger partial charge < -0.3 is 10.6 Å². The Labute approximate surface area is 210 Å². The van der Waals surface area contributed by atoms with E-state index in [1.807, 2.05) is 36.9 Å². The Balaban J connectivity index is 1.07. The first-order valence-electron chi connectivity index (χ1n) is 11.9. The van der Waals surface area contributed by atoms with Crippen LogP contribution in [-0.4, -0.2) is 9.97 Å². The maximum Gasteiger partial charge on any atom is 0.129 e. The molecule has 4 aromatic carbocycles. The van der Waals surface area contributed by atoms with Crippen molar-refractivity contribution in [3.05, 3.63) is 134 Å². The van der Waals surface area contributed by atoms with Crippen LogP contribution in [0.4, 0.5) is 11.6 Å². The van der Waals surface area contributed by atoms with E-state index in [2.05, 4.69) is 118 Å².